The van der Waals surface area contributed by atoms with E-state index in [0.717, 1.165) is 0 Å². The van der Waals surface area contributed by atoms with Crippen molar-refractivity contribution in [2.24, 2.45) is 0 Å². The van der Waals surface area contributed by atoms with E-state index in [1.165, 1.54) is 0 Å². The van der Waals surface area contributed by atoms with Crippen LogP contribution in [0.15, 0.2) is 18.4 Å². The van der Waals surface area contributed by atoms with E-state index in [-0.39, 0.29) is 5.46 Å². The molecule has 0 unspecified atom stereocenters. The van der Waals surface area contributed by atoms with Gasteiger partial charge in [-0.05, 0) is 54.3 Å². The quantitative estimate of drug-likeness (QED) is 0.785. The predicted octanol–water partition coefficient (Wildman–Crippen LogP) is 2.56. The first-order valence-corrected chi connectivity index (χ1v) is 6.02. The second-order valence-corrected chi connectivity index (χ2v) is 5.57. The third kappa shape index (κ3) is 3.15. The van der Waals surface area contributed by atoms with E-state index in [2.05, 4.69) is 4.98 Å². The first kappa shape index (κ1) is 5.97. The Morgan fingerprint density at radius 3 is 2.35 bits per heavy atom. The molecule has 0 aromatic carbocycles. The number of aromatic nitrogens is 1. The van der Waals surface area contributed by atoms with Crippen molar-refractivity contribution in [3.05, 3.63) is 18.4 Å². The lowest BCUT2D eigenvalue weighted by Crippen LogP contribution is -2.41. The molecule has 1 fully saturated rings. The van der Waals surface area contributed by atoms with Crippen LogP contribution in [0.3, 0.4) is 0 Å². The average Bonchev–Trinajstić information content (AvgIpc) is 2.70. The van der Waals surface area contributed by atoms with Crippen LogP contribution < -0.4 is 10.2 Å². The molecule has 4 nitrogen and oxygen atoms in total. The molecule has 1 aliphatic rings. The van der Waals surface area contributed by atoms with E-state index in [9.17, 15) is 0 Å². The molecule has 0 saturated carbocycles. The number of rotatable bonds is 2. The summed E-state index contributed by atoms with van der Waals surface area (Å²) in [6.07, 6.45) is -1.59. The van der Waals surface area contributed by atoms with Gasteiger partial charge in [0.25, 0.3) is 0 Å². The molecule has 0 N–H and O–H groups in total. The Morgan fingerprint density at radius 1 is 1.20 bits per heavy atom. The maximum absolute atomic E-state index is 8.43. The van der Waals surface area contributed by atoms with E-state index in [1.54, 1.807) is 27.7 Å². The van der Waals surface area contributed by atoms with Gasteiger partial charge in [-0.1, -0.05) is 0 Å². The Labute approximate surface area is 138 Å². The van der Waals surface area contributed by atoms with Crippen molar-refractivity contribution in [2.45, 2.75) is 65.1 Å². The molecule has 2 heterocycles. The van der Waals surface area contributed by atoms with Crippen LogP contribution in [0.2, 0.25) is 0 Å². The van der Waals surface area contributed by atoms with Gasteiger partial charge in [0.05, 0.1) is 21.5 Å². The summed E-state index contributed by atoms with van der Waals surface area (Å²) in [6.45, 7) is -4.34. The fraction of sp³-hybridized carbons (Fsp3) is 0.667. The molecule has 0 bridgehead atoms. The summed E-state index contributed by atoms with van der Waals surface area (Å²) < 4.78 is 110. The molecule has 0 atom stereocenters. The van der Waals surface area contributed by atoms with Gasteiger partial charge >= 0.3 is 7.12 Å². The lowest BCUT2D eigenvalue weighted by atomic mass is 9.80. The van der Waals surface area contributed by atoms with Crippen LogP contribution in [0.4, 0.5) is 0 Å². The fourth-order valence-corrected chi connectivity index (χ4v) is 1.59. The zero-order valence-electron chi connectivity index (χ0n) is 23.7. The Bertz CT molecular complexity index is 842. The topological polar surface area (TPSA) is 40.6 Å². The smallest absolute Gasteiger partial charge is 0.487 e. The Kier molecular flexibility index (Phi) is 1.42. The average molecular weight is 289 g/mol. The fourth-order valence-electron chi connectivity index (χ4n) is 1.59. The first-order valence-electron chi connectivity index (χ1n) is 12.0. The third-order valence-corrected chi connectivity index (χ3v) is 3.33. The van der Waals surface area contributed by atoms with E-state index >= 15 is 0 Å². The molecule has 5 heteroatoms. The van der Waals surface area contributed by atoms with Crippen molar-refractivity contribution >= 4 is 12.6 Å². The molecule has 0 radical (unpaired) electrons. The van der Waals surface area contributed by atoms with Gasteiger partial charge in [0.15, 0.2) is 0 Å². The Balaban J connectivity index is 2.76. The summed E-state index contributed by atoms with van der Waals surface area (Å²) in [7, 11) is -1.35. The highest BCUT2D eigenvalue weighted by Gasteiger charge is 2.51. The zero-order chi connectivity index (χ0) is 25.3. The van der Waals surface area contributed by atoms with E-state index in [1.807, 2.05) is 0 Å². The van der Waals surface area contributed by atoms with Gasteiger partial charge in [-0.3, -0.25) is 4.98 Å². The lowest BCUT2D eigenvalue weighted by molar-refractivity contribution is 0.00578. The van der Waals surface area contributed by atoms with Gasteiger partial charge in [0.2, 0.25) is 0 Å². The van der Waals surface area contributed by atoms with E-state index in [0.29, 0.717) is 0 Å². The van der Waals surface area contributed by atoms with Crippen LogP contribution in [-0.4, -0.2) is 28.9 Å². The van der Waals surface area contributed by atoms with Crippen molar-refractivity contribution in [3.8, 4) is 5.75 Å². The van der Waals surface area contributed by atoms with E-state index in [4.69, 9.17) is 30.5 Å². The van der Waals surface area contributed by atoms with E-state index < -0.39 is 68.6 Å². The molecule has 20 heavy (non-hydrogen) atoms. The van der Waals surface area contributed by atoms with Gasteiger partial charge in [-0.2, -0.15) is 0 Å². The van der Waals surface area contributed by atoms with Crippen LogP contribution in [0, 0.1) is 0 Å². The molecular formula is C15H24BNO3. The van der Waals surface area contributed by atoms with Crippen LogP contribution in [0.5, 0.6) is 5.75 Å². The SMILES string of the molecule is [2H]c1nc([2H])c(B2OC(C)(C)C(C)(C)O2)c([2H])c1OC(C([2H])([2H])[2H])(C([2H])([2H])[2H])C([2H])([2H])[2H]. The van der Waals surface area contributed by atoms with Crippen LogP contribution >= 0.6 is 0 Å². The van der Waals surface area contributed by atoms with Crippen LogP contribution in [0.1, 0.15) is 64.7 Å². The number of hydrogen-bond donors (Lipinski definition) is 0. The molecule has 0 spiro atoms. The summed E-state index contributed by atoms with van der Waals surface area (Å²) in [5.74, 6) is -1.02. The van der Waals surface area contributed by atoms with Gasteiger partial charge in [0.1, 0.15) is 11.4 Å². The molecule has 2 rings (SSSR count). The second kappa shape index (κ2) is 4.74. The number of ether oxygens (including phenoxy) is 1. The number of pyridine rings is 1. The van der Waals surface area contributed by atoms with Crippen LogP contribution in [-0.2, 0) is 9.31 Å². The normalized spacial score (nSPS) is 31.7. The molecule has 1 aromatic heterocycles. The van der Waals surface area contributed by atoms with Crippen molar-refractivity contribution in [3.63, 3.8) is 0 Å². The maximum Gasteiger partial charge on any atom is 0.496 e. The largest absolute Gasteiger partial charge is 0.496 e. The van der Waals surface area contributed by atoms with Crippen molar-refractivity contribution in [1.29, 1.82) is 0 Å². The summed E-state index contributed by atoms with van der Waals surface area (Å²) in [5.41, 5.74) is -5.91. The molecule has 1 saturated heterocycles. The third-order valence-electron chi connectivity index (χ3n) is 3.33. The molecule has 1 aromatic rings. The number of hydrogen-bond acceptors (Lipinski definition) is 4. The molecular weight excluding hydrogens is 253 g/mol. The maximum atomic E-state index is 8.43. The van der Waals surface area contributed by atoms with Crippen molar-refractivity contribution in [1.82, 2.24) is 4.98 Å². The summed E-state index contributed by atoms with van der Waals surface area (Å²) in [6, 6.07) is -0.823. The molecule has 110 valence electrons. The standard InChI is InChI=1S/C15H24BNO3/c1-13(2,3)18-12-8-11(9-17-10-12)16-19-14(4,5)15(6,7)20-16/h8-10H,1-7H3/i1D3,2D3,3D3,8D,9D,10D. The van der Waals surface area contributed by atoms with Gasteiger partial charge in [0, 0.05) is 24.0 Å². The first-order chi connectivity index (χ1) is 14.0. The molecule has 1 aliphatic heterocycles. The Hall–Kier alpha value is -1.07. The van der Waals surface area contributed by atoms with Crippen molar-refractivity contribution in [2.75, 3.05) is 0 Å². The summed E-state index contributed by atoms with van der Waals surface area (Å²) >= 11 is 0. The monoisotopic (exact) mass is 289 g/mol. The molecule has 0 amide bonds. The Morgan fingerprint density at radius 2 is 1.80 bits per heavy atom. The minimum atomic E-state index is -3.77. The predicted molar refractivity (Wildman–Crippen MR) is 80.3 cm³/mol. The highest BCUT2D eigenvalue weighted by Crippen LogP contribution is 2.36. The van der Waals surface area contributed by atoms with Crippen molar-refractivity contribution < 1.29 is 30.5 Å². The highest BCUT2D eigenvalue weighted by atomic mass is 16.7. The number of nitrogens with zero attached hydrogens (tertiary/aromatic N) is 1. The van der Waals surface area contributed by atoms with Gasteiger partial charge in [-0.25, -0.2) is 0 Å². The minimum Gasteiger partial charge on any atom is -0.487 e. The zero-order valence-corrected chi connectivity index (χ0v) is 11.7. The second-order valence-electron chi connectivity index (χ2n) is 5.57. The van der Waals surface area contributed by atoms with Crippen LogP contribution in [0.25, 0.3) is 0 Å². The summed E-state index contributed by atoms with van der Waals surface area (Å²) in [5, 5.41) is 0. The summed E-state index contributed by atoms with van der Waals surface area (Å²) in [4.78, 5) is 3.58. The molecule has 0 aliphatic carbocycles. The van der Waals surface area contributed by atoms with Gasteiger partial charge < -0.3 is 14.0 Å². The lowest BCUT2D eigenvalue weighted by Gasteiger charge is -2.32. The van der Waals surface area contributed by atoms with Gasteiger partial charge in [-0.15, -0.1) is 0 Å². The highest BCUT2D eigenvalue weighted by molar-refractivity contribution is 6.62. The minimum absolute atomic E-state index is 0.356.